The van der Waals surface area contributed by atoms with Gasteiger partial charge >= 0.3 is 0 Å². The topological polar surface area (TPSA) is 27.0 Å². The predicted molar refractivity (Wildman–Crippen MR) is 73.9 cm³/mol. The van der Waals surface area contributed by atoms with Crippen molar-refractivity contribution in [3.8, 4) is 6.07 Å². The average Bonchev–Trinajstić information content (AvgIpc) is 2.82. The summed E-state index contributed by atoms with van der Waals surface area (Å²) in [5.41, 5.74) is 1.80. The molecule has 2 fully saturated rings. The van der Waals surface area contributed by atoms with Crippen molar-refractivity contribution in [2.24, 2.45) is 5.92 Å². The minimum atomic E-state index is 0.629. The van der Waals surface area contributed by atoms with Gasteiger partial charge in [0.2, 0.25) is 0 Å². The molecule has 1 heterocycles. The van der Waals surface area contributed by atoms with Gasteiger partial charge in [-0.3, -0.25) is 0 Å². The highest BCUT2D eigenvalue weighted by Crippen LogP contribution is 2.40. The van der Waals surface area contributed by atoms with Crippen LogP contribution in [0.4, 0.5) is 5.69 Å². The first kappa shape index (κ1) is 11.9. The van der Waals surface area contributed by atoms with Crippen LogP contribution in [0.15, 0.2) is 18.2 Å². The van der Waals surface area contributed by atoms with E-state index in [2.05, 4.69) is 11.0 Å². The number of nitrogens with zero attached hydrogens (tertiary/aromatic N) is 2. The minimum Gasteiger partial charge on any atom is -0.367 e. The Morgan fingerprint density at radius 1 is 1.22 bits per heavy atom. The van der Waals surface area contributed by atoms with Gasteiger partial charge in [0.1, 0.15) is 6.07 Å². The molecule has 1 aliphatic heterocycles. The van der Waals surface area contributed by atoms with Crippen LogP contribution < -0.4 is 4.90 Å². The number of hydrogen-bond acceptors (Lipinski definition) is 2. The van der Waals surface area contributed by atoms with Gasteiger partial charge < -0.3 is 4.90 Å². The summed E-state index contributed by atoms with van der Waals surface area (Å²) in [6.07, 6.45) is 6.57. The normalized spacial score (nSPS) is 26.8. The fourth-order valence-electron chi connectivity index (χ4n) is 3.54. The first-order valence-corrected chi connectivity index (χ1v) is 7.13. The number of fused-ring (bicyclic) bond motifs is 1. The summed E-state index contributed by atoms with van der Waals surface area (Å²) >= 11 is 6.09. The maximum Gasteiger partial charge on any atom is 0.101 e. The monoisotopic (exact) mass is 260 g/mol. The van der Waals surface area contributed by atoms with Gasteiger partial charge in [-0.1, -0.05) is 24.4 Å². The highest BCUT2D eigenvalue weighted by Gasteiger charge is 2.36. The lowest BCUT2D eigenvalue weighted by Crippen LogP contribution is -2.35. The van der Waals surface area contributed by atoms with Gasteiger partial charge in [-0.05, 0) is 43.4 Å². The van der Waals surface area contributed by atoms with Crippen molar-refractivity contribution < 1.29 is 0 Å². The van der Waals surface area contributed by atoms with Crippen LogP contribution in [0.2, 0.25) is 5.02 Å². The molecule has 1 aromatic rings. The number of halogens is 1. The summed E-state index contributed by atoms with van der Waals surface area (Å²) < 4.78 is 0. The van der Waals surface area contributed by atoms with Crippen molar-refractivity contribution in [1.82, 2.24) is 0 Å². The molecule has 1 saturated heterocycles. The van der Waals surface area contributed by atoms with E-state index in [1.165, 1.54) is 32.1 Å². The van der Waals surface area contributed by atoms with E-state index in [9.17, 15) is 5.26 Å². The second-order valence-electron chi connectivity index (χ2n) is 5.37. The second-order valence-corrected chi connectivity index (χ2v) is 5.80. The van der Waals surface area contributed by atoms with E-state index in [1.807, 2.05) is 12.1 Å². The lowest BCUT2D eigenvalue weighted by atomic mass is 9.85. The Bertz CT molecular complexity index is 492. The van der Waals surface area contributed by atoms with Gasteiger partial charge in [0.15, 0.2) is 0 Å². The highest BCUT2D eigenvalue weighted by molar-refractivity contribution is 6.30. The molecule has 0 spiro atoms. The summed E-state index contributed by atoms with van der Waals surface area (Å²) in [6, 6.07) is 8.52. The third kappa shape index (κ3) is 1.97. The number of anilines is 1. The lowest BCUT2D eigenvalue weighted by molar-refractivity contribution is 0.342. The Balaban J connectivity index is 1.95. The molecule has 0 radical (unpaired) electrons. The standard InChI is InChI=1S/C15H17ClN2/c16-13-6-5-12(10-17)15(9-13)18-8-7-11-3-1-2-4-14(11)18/h5-6,9,11,14H,1-4,7-8H2. The number of hydrogen-bond donors (Lipinski definition) is 0. The Labute approximate surface area is 113 Å². The zero-order valence-electron chi connectivity index (χ0n) is 10.4. The zero-order valence-corrected chi connectivity index (χ0v) is 11.2. The first-order chi connectivity index (χ1) is 8.79. The van der Waals surface area contributed by atoms with Gasteiger partial charge in [0.25, 0.3) is 0 Å². The number of nitriles is 1. The van der Waals surface area contributed by atoms with Crippen LogP contribution in [0.25, 0.3) is 0 Å². The fourth-order valence-corrected chi connectivity index (χ4v) is 3.71. The van der Waals surface area contributed by atoms with Crippen LogP contribution in [-0.4, -0.2) is 12.6 Å². The van der Waals surface area contributed by atoms with Gasteiger partial charge in [0.05, 0.1) is 11.3 Å². The van der Waals surface area contributed by atoms with E-state index in [0.717, 1.165) is 28.7 Å². The van der Waals surface area contributed by atoms with Crippen molar-refractivity contribution in [2.75, 3.05) is 11.4 Å². The van der Waals surface area contributed by atoms with Crippen molar-refractivity contribution >= 4 is 17.3 Å². The quantitative estimate of drug-likeness (QED) is 0.764. The summed E-state index contributed by atoms with van der Waals surface area (Å²) in [6.45, 7) is 1.07. The van der Waals surface area contributed by atoms with Gasteiger partial charge in [-0.2, -0.15) is 5.26 Å². The molecule has 18 heavy (non-hydrogen) atoms. The van der Waals surface area contributed by atoms with Gasteiger partial charge in [-0.25, -0.2) is 0 Å². The first-order valence-electron chi connectivity index (χ1n) is 6.76. The molecular formula is C15H17ClN2. The highest BCUT2D eigenvalue weighted by atomic mass is 35.5. The van der Waals surface area contributed by atoms with Crippen molar-refractivity contribution in [1.29, 1.82) is 5.26 Å². The molecule has 1 aliphatic carbocycles. The van der Waals surface area contributed by atoms with E-state index in [0.29, 0.717) is 6.04 Å². The van der Waals surface area contributed by atoms with E-state index in [-0.39, 0.29) is 0 Å². The number of rotatable bonds is 1. The van der Waals surface area contributed by atoms with Crippen LogP contribution in [0.5, 0.6) is 0 Å². The van der Waals surface area contributed by atoms with Crippen LogP contribution in [0.1, 0.15) is 37.7 Å². The molecule has 2 atom stereocenters. The van der Waals surface area contributed by atoms with Gasteiger partial charge in [0, 0.05) is 17.6 Å². The molecule has 2 unspecified atom stereocenters. The molecule has 2 aliphatic rings. The largest absolute Gasteiger partial charge is 0.367 e. The smallest absolute Gasteiger partial charge is 0.101 e. The number of benzene rings is 1. The van der Waals surface area contributed by atoms with Crippen LogP contribution in [0.3, 0.4) is 0 Å². The van der Waals surface area contributed by atoms with E-state index in [1.54, 1.807) is 6.07 Å². The van der Waals surface area contributed by atoms with Crippen molar-refractivity contribution in [3.05, 3.63) is 28.8 Å². The average molecular weight is 261 g/mol. The summed E-state index contributed by atoms with van der Waals surface area (Å²) in [5, 5.41) is 9.97. The van der Waals surface area contributed by atoms with Gasteiger partial charge in [-0.15, -0.1) is 0 Å². The Morgan fingerprint density at radius 3 is 2.89 bits per heavy atom. The van der Waals surface area contributed by atoms with Crippen molar-refractivity contribution in [3.63, 3.8) is 0 Å². The summed E-state index contributed by atoms with van der Waals surface area (Å²) in [5.74, 6) is 0.823. The second kappa shape index (κ2) is 4.82. The molecule has 0 N–H and O–H groups in total. The summed E-state index contributed by atoms with van der Waals surface area (Å²) in [7, 11) is 0. The Morgan fingerprint density at radius 2 is 2.06 bits per heavy atom. The van der Waals surface area contributed by atoms with E-state index in [4.69, 9.17) is 11.6 Å². The molecule has 0 bridgehead atoms. The van der Waals surface area contributed by atoms with Crippen LogP contribution in [0, 0.1) is 17.2 Å². The minimum absolute atomic E-state index is 0.629. The van der Waals surface area contributed by atoms with E-state index >= 15 is 0 Å². The molecule has 3 rings (SSSR count). The maximum atomic E-state index is 9.25. The Hall–Kier alpha value is -1.20. The summed E-state index contributed by atoms with van der Waals surface area (Å²) in [4.78, 5) is 2.42. The molecule has 0 aromatic heterocycles. The molecule has 94 valence electrons. The molecule has 1 saturated carbocycles. The maximum absolute atomic E-state index is 9.25. The molecule has 2 nitrogen and oxygen atoms in total. The molecule has 1 aromatic carbocycles. The van der Waals surface area contributed by atoms with Crippen LogP contribution in [-0.2, 0) is 0 Å². The third-order valence-corrected chi connectivity index (χ3v) is 4.63. The molecular weight excluding hydrogens is 244 g/mol. The fraction of sp³-hybridized carbons (Fsp3) is 0.533. The Kier molecular flexibility index (Phi) is 3.18. The van der Waals surface area contributed by atoms with Crippen LogP contribution >= 0.6 is 11.6 Å². The molecule has 3 heteroatoms. The SMILES string of the molecule is N#Cc1ccc(Cl)cc1N1CCC2CCCCC21. The zero-order chi connectivity index (χ0) is 12.5. The van der Waals surface area contributed by atoms with Crippen molar-refractivity contribution in [2.45, 2.75) is 38.1 Å². The predicted octanol–water partition coefficient (Wildman–Crippen LogP) is 3.98. The van der Waals surface area contributed by atoms with E-state index < -0.39 is 0 Å². The lowest BCUT2D eigenvalue weighted by Gasteiger charge is -2.33. The third-order valence-electron chi connectivity index (χ3n) is 4.40. The molecule has 0 amide bonds.